The van der Waals surface area contributed by atoms with Gasteiger partial charge in [0.15, 0.2) is 0 Å². The molecule has 0 aliphatic heterocycles. The van der Waals surface area contributed by atoms with Crippen molar-refractivity contribution in [3.63, 3.8) is 0 Å². The van der Waals surface area contributed by atoms with Crippen LogP contribution in [0.25, 0.3) is 0 Å². The molecule has 0 fully saturated rings. The lowest BCUT2D eigenvalue weighted by Gasteiger charge is -2.28. The van der Waals surface area contributed by atoms with Crippen molar-refractivity contribution in [1.82, 2.24) is 0 Å². The number of carbonyl (C=O) groups excluding carboxylic acids is 6. The third-order valence-corrected chi connectivity index (χ3v) is 8.53. The van der Waals surface area contributed by atoms with Crippen molar-refractivity contribution < 1.29 is 55.3 Å². The van der Waals surface area contributed by atoms with Gasteiger partial charge in [0.25, 0.3) is 35.8 Å². The normalized spacial score (nSPS) is 11.0. The quantitative estimate of drug-likeness (QED) is 0.315. The number of hydrogen-bond acceptors (Lipinski definition) is 12. The van der Waals surface area contributed by atoms with Gasteiger partial charge in [0.05, 0.1) is 12.1 Å². The molecule has 0 aromatic rings. The summed E-state index contributed by atoms with van der Waals surface area (Å²) in [5, 5.41) is 0. The second-order valence-electron chi connectivity index (χ2n) is 6.13. The number of carbonyl (C=O) groups is 6. The van der Waals surface area contributed by atoms with Gasteiger partial charge in [-0.2, -0.15) is 0 Å². The lowest BCUT2D eigenvalue weighted by atomic mass is 10.4. The predicted molar refractivity (Wildman–Crippen MR) is 101 cm³/mol. The van der Waals surface area contributed by atoms with Gasteiger partial charge in [0, 0.05) is 41.5 Å². The fourth-order valence-corrected chi connectivity index (χ4v) is 7.28. The average molecular weight is 467 g/mol. The van der Waals surface area contributed by atoms with Crippen LogP contribution < -0.4 is 0 Å². The van der Waals surface area contributed by atoms with Crippen LogP contribution in [0.4, 0.5) is 0 Å². The zero-order chi connectivity index (χ0) is 23.5. The molecule has 30 heavy (non-hydrogen) atoms. The first-order chi connectivity index (χ1) is 13.7. The molecule has 0 aromatic carbocycles. The van der Waals surface area contributed by atoms with E-state index in [1.165, 1.54) is 0 Å². The topological polar surface area (TPSA) is 158 Å². The first-order valence-corrected chi connectivity index (χ1v) is 12.7. The minimum atomic E-state index is -4.03. The highest BCUT2D eigenvalue weighted by atomic mass is 28.4. The molecule has 12 nitrogen and oxygen atoms in total. The first kappa shape index (κ1) is 27.3. The summed E-state index contributed by atoms with van der Waals surface area (Å²) in [6.07, 6.45) is 0.247. The molecule has 0 atom stereocenters. The maximum atomic E-state index is 11.4. The molecule has 0 spiro atoms. The minimum Gasteiger partial charge on any atom is -0.455 e. The minimum absolute atomic E-state index is 0.124. The molecule has 0 radical (unpaired) electrons. The molecule has 170 valence electrons. The SMILES string of the molecule is CC(=O)O[Si](CCCC[Si](OC(C)=O)(OC(C)=O)OC(C)=O)(OC(C)=O)OC(C)=O. The van der Waals surface area contributed by atoms with Gasteiger partial charge in [-0.25, -0.2) is 0 Å². The number of hydrogen-bond donors (Lipinski definition) is 0. The molecule has 0 rings (SSSR count). The molecule has 0 bridgehead atoms. The molecule has 0 saturated heterocycles. The first-order valence-electron chi connectivity index (χ1n) is 8.88. The van der Waals surface area contributed by atoms with E-state index in [1.807, 2.05) is 0 Å². The lowest BCUT2D eigenvalue weighted by Crippen LogP contribution is -2.50. The molecule has 0 heterocycles. The van der Waals surface area contributed by atoms with Crippen molar-refractivity contribution in [2.75, 3.05) is 0 Å². The van der Waals surface area contributed by atoms with E-state index in [2.05, 4.69) is 0 Å². The summed E-state index contributed by atoms with van der Waals surface area (Å²) >= 11 is 0. The van der Waals surface area contributed by atoms with Crippen LogP contribution in [0, 0.1) is 0 Å². The second-order valence-corrected chi connectivity index (χ2v) is 11.1. The predicted octanol–water partition coefficient (Wildman–Crippen LogP) is 1.02. The zero-order valence-corrected chi connectivity index (χ0v) is 19.7. The molecule has 0 N–H and O–H groups in total. The van der Waals surface area contributed by atoms with Crippen molar-refractivity contribution in [1.29, 1.82) is 0 Å². The van der Waals surface area contributed by atoms with Crippen molar-refractivity contribution in [3.05, 3.63) is 0 Å². The fourth-order valence-electron chi connectivity index (χ4n) is 2.43. The van der Waals surface area contributed by atoms with Gasteiger partial charge in [-0.1, -0.05) is 0 Å². The zero-order valence-electron chi connectivity index (χ0n) is 17.7. The summed E-state index contributed by atoms with van der Waals surface area (Å²) in [4.78, 5) is 68.7. The smallest absolute Gasteiger partial charge is 0.455 e. The molecule has 0 saturated carbocycles. The van der Waals surface area contributed by atoms with Crippen molar-refractivity contribution in [2.24, 2.45) is 0 Å². The third kappa shape index (κ3) is 11.3. The third-order valence-electron chi connectivity index (χ3n) is 3.01. The molecule has 0 amide bonds. The van der Waals surface area contributed by atoms with Gasteiger partial charge in [0.2, 0.25) is 0 Å². The van der Waals surface area contributed by atoms with E-state index in [0.717, 1.165) is 41.5 Å². The van der Waals surface area contributed by atoms with Crippen LogP contribution >= 0.6 is 0 Å². The molecular formula is C16H26O12Si2. The van der Waals surface area contributed by atoms with E-state index < -0.39 is 53.4 Å². The highest BCUT2D eigenvalue weighted by molar-refractivity contribution is 6.66. The van der Waals surface area contributed by atoms with Crippen LogP contribution in [0.2, 0.25) is 12.1 Å². The summed E-state index contributed by atoms with van der Waals surface area (Å²) in [6, 6.07) is -0.285. The van der Waals surface area contributed by atoms with Crippen molar-refractivity contribution >= 4 is 53.4 Å². The highest BCUT2D eigenvalue weighted by Crippen LogP contribution is 2.25. The van der Waals surface area contributed by atoms with Crippen LogP contribution in [0.15, 0.2) is 0 Å². The maximum Gasteiger partial charge on any atom is 0.705 e. The second kappa shape index (κ2) is 12.1. The van der Waals surface area contributed by atoms with Gasteiger partial charge >= 0.3 is 17.6 Å². The van der Waals surface area contributed by atoms with Gasteiger partial charge in [0.1, 0.15) is 0 Å². The Morgan fingerprint density at radius 3 is 0.733 bits per heavy atom. The molecule has 0 unspecified atom stereocenters. The summed E-state index contributed by atoms with van der Waals surface area (Å²) in [7, 11) is -8.07. The van der Waals surface area contributed by atoms with E-state index in [0.29, 0.717) is 0 Å². The Kier molecular flexibility index (Phi) is 11.0. The van der Waals surface area contributed by atoms with E-state index in [-0.39, 0.29) is 24.9 Å². The van der Waals surface area contributed by atoms with E-state index in [9.17, 15) is 28.8 Å². The van der Waals surface area contributed by atoms with Crippen LogP contribution in [-0.2, 0) is 55.3 Å². The van der Waals surface area contributed by atoms with E-state index in [1.54, 1.807) is 0 Å². The summed E-state index contributed by atoms with van der Waals surface area (Å²) in [5.41, 5.74) is 0. The van der Waals surface area contributed by atoms with Crippen LogP contribution in [-0.4, -0.2) is 53.4 Å². The maximum absolute atomic E-state index is 11.4. The van der Waals surface area contributed by atoms with Crippen LogP contribution in [0.3, 0.4) is 0 Å². The molecule has 0 aromatic heterocycles. The lowest BCUT2D eigenvalue weighted by molar-refractivity contribution is -0.151. The fraction of sp³-hybridized carbons (Fsp3) is 0.625. The van der Waals surface area contributed by atoms with Crippen LogP contribution in [0.5, 0.6) is 0 Å². The number of rotatable bonds is 11. The Labute approximate surface area is 175 Å². The Hall–Kier alpha value is -2.75. The Morgan fingerprint density at radius 2 is 0.600 bits per heavy atom. The Bertz CT molecular complexity index is 550. The average Bonchev–Trinajstić information content (AvgIpc) is 2.47. The van der Waals surface area contributed by atoms with Crippen molar-refractivity contribution in [3.8, 4) is 0 Å². The van der Waals surface area contributed by atoms with Crippen LogP contribution in [0.1, 0.15) is 54.4 Å². The highest BCUT2D eigenvalue weighted by Gasteiger charge is 2.53. The Balaban J connectivity index is 5.46. The van der Waals surface area contributed by atoms with Gasteiger partial charge in [-0.05, 0) is 12.8 Å². The standard InChI is InChI=1S/C16H26O12Si2/c1-11(17)23-29(24-12(2)18,25-13(3)19)9-7-8-10-30(26-14(4)20,27-15(5)21)28-16(6)22/h7-10H2,1-6H3. The van der Waals surface area contributed by atoms with Gasteiger partial charge in [-0.15, -0.1) is 0 Å². The van der Waals surface area contributed by atoms with E-state index >= 15 is 0 Å². The number of unbranched alkanes of at least 4 members (excludes halogenated alkanes) is 1. The van der Waals surface area contributed by atoms with Crippen molar-refractivity contribution in [2.45, 2.75) is 66.5 Å². The van der Waals surface area contributed by atoms with Gasteiger partial charge in [-0.3, -0.25) is 28.8 Å². The largest absolute Gasteiger partial charge is 0.705 e. The monoisotopic (exact) mass is 466 g/mol. The molecule has 0 aliphatic rings. The summed E-state index contributed by atoms with van der Waals surface area (Å²) < 4.78 is 30.3. The Morgan fingerprint density at radius 1 is 0.433 bits per heavy atom. The van der Waals surface area contributed by atoms with Gasteiger partial charge < -0.3 is 26.6 Å². The summed E-state index contributed by atoms with van der Waals surface area (Å²) in [6.45, 7) is 6.39. The van der Waals surface area contributed by atoms with E-state index in [4.69, 9.17) is 26.6 Å². The molecular weight excluding hydrogens is 440 g/mol. The molecule has 14 heteroatoms. The molecule has 0 aliphatic carbocycles. The summed E-state index contributed by atoms with van der Waals surface area (Å²) in [5.74, 6) is -4.87.